The van der Waals surface area contributed by atoms with Gasteiger partial charge in [-0.15, -0.1) is 29.6 Å². The number of rotatable bonds is 2. The predicted octanol–water partition coefficient (Wildman–Crippen LogP) is 3.37. The lowest BCUT2D eigenvalue weighted by atomic mass is 9.34. The molecule has 0 aromatic rings. The summed E-state index contributed by atoms with van der Waals surface area (Å²) in [4.78, 5) is 0. The second kappa shape index (κ2) is 2.14. The minimum Gasteiger partial charge on any atom is -0.120 e. The number of halogens is 2. The maximum atomic E-state index is 6.22. The summed E-state index contributed by atoms with van der Waals surface area (Å²) in [5.74, 6) is 2.85. The summed E-state index contributed by atoms with van der Waals surface area (Å²) in [7, 11) is 0. The van der Waals surface area contributed by atoms with Gasteiger partial charge in [0.2, 0.25) is 0 Å². The summed E-state index contributed by atoms with van der Waals surface area (Å²) in [6, 6.07) is 0. The van der Waals surface area contributed by atoms with Crippen LogP contribution in [0.2, 0.25) is 0 Å². The average Bonchev–Trinajstić information content (AvgIpc) is 1.82. The lowest BCUT2D eigenvalue weighted by Crippen LogP contribution is -2.67. The fourth-order valence-electron chi connectivity index (χ4n) is 2.70. The molecule has 0 atom stereocenters. The smallest absolute Gasteiger partial charge is 0.120 e. The Morgan fingerprint density at radius 1 is 1.42 bits per heavy atom. The summed E-state index contributed by atoms with van der Waals surface area (Å²) < 4.78 is -0.536. The minimum absolute atomic E-state index is 0.164. The number of terminal acetylenes is 1. The molecule has 0 heterocycles. The van der Waals surface area contributed by atoms with Crippen LogP contribution in [-0.4, -0.2) is 4.33 Å². The first kappa shape index (κ1) is 8.73. The molecule has 3 aliphatic rings. The third-order valence-electron chi connectivity index (χ3n) is 3.56. The van der Waals surface area contributed by atoms with E-state index in [2.05, 4.69) is 5.92 Å². The fourth-order valence-corrected chi connectivity index (χ4v) is 3.10. The Morgan fingerprint density at radius 2 is 1.92 bits per heavy atom. The molecular formula is C10H12Cl2. The van der Waals surface area contributed by atoms with Crippen molar-refractivity contribution in [3.8, 4) is 12.3 Å². The van der Waals surface area contributed by atoms with Crippen LogP contribution in [0.3, 0.4) is 0 Å². The van der Waals surface area contributed by atoms with Crippen molar-refractivity contribution in [3.63, 3.8) is 0 Å². The third-order valence-corrected chi connectivity index (χ3v) is 4.89. The lowest BCUT2D eigenvalue weighted by Gasteiger charge is -2.72. The van der Waals surface area contributed by atoms with Crippen molar-refractivity contribution in [2.24, 2.45) is 10.8 Å². The van der Waals surface area contributed by atoms with Crippen LogP contribution in [0, 0.1) is 23.2 Å². The van der Waals surface area contributed by atoms with Gasteiger partial charge in [0.1, 0.15) is 4.33 Å². The Hall–Kier alpha value is 0.140. The predicted molar refractivity (Wildman–Crippen MR) is 52.3 cm³/mol. The first-order valence-electron chi connectivity index (χ1n) is 4.35. The molecule has 66 valence electrons. The monoisotopic (exact) mass is 202 g/mol. The van der Waals surface area contributed by atoms with E-state index in [-0.39, 0.29) is 10.8 Å². The molecule has 0 nitrogen and oxygen atoms in total. The highest BCUT2D eigenvalue weighted by molar-refractivity contribution is 6.49. The molecule has 2 heteroatoms. The molecule has 0 aliphatic heterocycles. The first-order valence-corrected chi connectivity index (χ1v) is 5.10. The summed E-state index contributed by atoms with van der Waals surface area (Å²) in [6.07, 6.45) is 9.35. The van der Waals surface area contributed by atoms with E-state index in [1.807, 2.05) is 6.92 Å². The molecule has 0 spiro atoms. The van der Waals surface area contributed by atoms with Gasteiger partial charge in [-0.25, -0.2) is 0 Å². The van der Waals surface area contributed by atoms with E-state index in [4.69, 9.17) is 29.6 Å². The molecular weight excluding hydrogens is 191 g/mol. The number of hydrogen-bond donors (Lipinski definition) is 0. The highest BCUT2D eigenvalue weighted by Crippen LogP contribution is 2.79. The van der Waals surface area contributed by atoms with E-state index in [1.165, 1.54) is 0 Å². The molecule has 0 radical (unpaired) electrons. The van der Waals surface area contributed by atoms with Crippen molar-refractivity contribution in [3.05, 3.63) is 0 Å². The van der Waals surface area contributed by atoms with E-state index in [1.54, 1.807) is 0 Å². The van der Waals surface area contributed by atoms with Crippen molar-refractivity contribution >= 4 is 23.2 Å². The van der Waals surface area contributed by atoms with Crippen LogP contribution in [0.4, 0.5) is 0 Å². The molecule has 3 rings (SSSR count). The van der Waals surface area contributed by atoms with Crippen LogP contribution < -0.4 is 0 Å². The van der Waals surface area contributed by atoms with Gasteiger partial charge in [-0.05, 0) is 25.7 Å². The molecule has 0 saturated heterocycles. The van der Waals surface area contributed by atoms with Crippen molar-refractivity contribution in [2.45, 2.75) is 36.9 Å². The first-order chi connectivity index (χ1) is 5.49. The van der Waals surface area contributed by atoms with Gasteiger partial charge in [-0.3, -0.25) is 0 Å². The normalized spacial score (nSPS) is 44.2. The average molecular weight is 203 g/mol. The van der Waals surface area contributed by atoms with Gasteiger partial charge in [0.05, 0.1) is 0 Å². The quantitative estimate of drug-likeness (QED) is 0.476. The molecule has 0 aromatic carbocycles. The maximum absolute atomic E-state index is 6.22. The van der Waals surface area contributed by atoms with Crippen molar-refractivity contribution in [2.75, 3.05) is 0 Å². The summed E-state index contributed by atoms with van der Waals surface area (Å²) in [5.41, 5.74) is 0.349. The second-order valence-corrected chi connectivity index (χ2v) is 5.78. The molecule has 0 N–H and O–H groups in total. The van der Waals surface area contributed by atoms with E-state index in [9.17, 15) is 0 Å². The molecule has 0 aromatic heterocycles. The highest BCUT2D eigenvalue weighted by Gasteiger charge is 2.73. The lowest BCUT2D eigenvalue weighted by molar-refractivity contribution is -0.172. The molecule has 2 bridgehead atoms. The Morgan fingerprint density at radius 3 is 2.25 bits per heavy atom. The van der Waals surface area contributed by atoms with Crippen LogP contribution in [0.25, 0.3) is 0 Å². The summed E-state index contributed by atoms with van der Waals surface area (Å²) in [6.45, 7) is 2.03. The Bertz CT molecular complexity index is 240. The van der Waals surface area contributed by atoms with Crippen LogP contribution in [-0.2, 0) is 0 Å². The van der Waals surface area contributed by atoms with Gasteiger partial charge in [-0.1, -0.05) is 12.8 Å². The van der Waals surface area contributed by atoms with Gasteiger partial charge >= 0.3 is 0 Å². The van der Waals surface area contributed by atoms with Crippen LogP contribution in [0.5, 0.6) is 0 Å². The van der Waals surface area contributed by atoms with E-state index in [0.29, 0.717) is 0 Å². The van der Waals surface area contributed by atoms with Crippen LogP contribution in [0.1, 0.15) is 32.6 Å². The van der Waals surface area contributed by atoms with Crippen LogP contribution in [0.15, 0.2) is 0 Å². The maximum Gasteiger partial charge on any atom is 0.123 e. The largest absolute Gasteiger partial charge is 0.123 e. The summed E-state index contributed by atoms with van der Waals surface area (Å²) >= 11 is 12.4. The van der Waals surface area contributed by atoms with Crippen molar-refractivity contribution < 1.29 is 0 Å². The Balaban J connectivity index is 2.10. The van der Waals surface area contributed by atoms with Crippen LogP contribution >= 0.6 is 23.2 Å². The fraction of sp³-hybridized carbons (Fsp3) is 0.800. The topological polar surface area (TPSA) is 0 Å². The standard InChI is InChI=1S/C10H12Cl2/c1-3-8-5-9(6-8,7-8)10(11,12)4-2/h1H,4-7H2,2H3. The minimum atomic E-state index is -0.536. The van der Waals surface area contributed by atoms with Gasteiger partial charge in [-0.2, -0.15) is 0 Å². The van der Waals surface area contributed by atoms with Gasteiger partial charge in [0.15, 0.2) is 0 Å². The van der Waals surface area contributed by atoms with E-state index in [0.717, 1.165) is 25.7 Å². The zero-order valence-electron chi connectivity index (χ0n) is 7.16. The zero-order chi connectivity index (χ0) is 9.04. The molecule has 3 fully saturated rings. The van der Waals surface area contributed by atoms with Gasteiger partial charge in [0, 0.05) is 10.8 Å². The third kappa shape index (κ3) is 0.771. The Kier molecular flexibility index (Phi) is 1.56. The van der Waals surface area contributed by atoms with Gasteiger partial charge in [0.25, 0.3) is 0 Å². The van der Waals surface area contributed by atoms with Gasteiger partial charge < -0.3 is 0 Å². The molecule has 3 aliphatic carbocycles. The number of hydrogen-bond acceptors (Lipinski definition) is 0. The van der Waals surface area contributed by atoms with E-state index < -0.39 is 4.33 Å². The van der Waals surface area contributed by atoms with E-state index >= 15 is 0 Å². The number of alkyl halides is 2. The SMILES string of the molecule is C#CC12CC(C(Cl)(Cl)CC)(C1)C2. The molecule has 3 saturated carbocycles. The second-order valence-electron chi connectivity index (χ2n) is 4.29. The highest BCUT2D eigenvalue weighted by atomic mass is 35.5. The zero-order valence-corrected chi connectivity index (χ0v) is 8.67. The molecule has 12 heavy (non-hydrogen) atoms. The summed E-state index contributed by atoms with van der Waals surface area (Å²) in [5, 5.41) is 0. The van der Waals surface area contributed by atoms with Crippen molar-refractivity contribution in [1.82, 2.24) is 0 Å². The van der Waals surface area contributed by atoms with Crippen molar-refractivity contribution in [1.29, 1.82) is 0 Å². The molecule has 0 amide bonds. The molecule has 0 unspecified atom stereocenters. The Labute approximate surface area is 83.6 Å².